The van der Waals surface area contributed by atoms with E-state index >= 15 is 0 Å². The highest BCUT2D eigenvalue weighted by Crippen LogP contribution is 2.50. The van der Waals surface area contributed by atoms with E-state index in [1.807, 2.05) is 18.2 Å². The number of nitrogens with zero attached hydrogens (tertiary/aromatic N) is 1. The summed E-state index contributed by atoms with van der Waals surface area (Å²) < 4.78 is 0. The van der Waals surface area contributed by atoms with Gasteiger partial charge in [0.25, 0.3) is 0 Å². The number of para-hydroxylation sites is 3. The topological polar surface area (TPSA) is 27.3 Å². The lowest BCUT2D eigenvalue weighted by Gasteiger charge is -2.40. The Morgan fingerprint density at radius 2 is 1.04 bits per heavy atom. The molecule has 3 nitrogen and oxygen atoms in total. The molecule has 0 heterocycles. The molecule has 2 N–H and O–H groups in total. The van der Waals surface area contributed by atoms with Gasteiger partial charge in [0.05, 0.1) is 16.9 Å². The first-order valence-electron chi connectivity index (χ1n) is 18.9. The molecular weight excluding hydrogens is 667 g/mol. The zero-order valence-corrected chi connectivity index (χ0v) is 30.5. The molecule has 1 aliphatic carbocycles. The van der Waals surface area contributed by atoms with Gasteiger partial charge < -0.3 is 15.5 Å². The SMILES string of the molecule is C1=CC(Nc2ccccc2)(c2c(-c3ccccc3)cccc2N(c2ccccc2)c2cccc3ccccc23)CC=C1c1ccc(Nc2ccccc2)cc1. The molecule has 0 spiro atoms. The van der Waals surface area contributed by atoms with Crippen LogP contribution in [0.3, 0.4) is 0 Å². The van der Waals surface area contributed by atoms with Crippen LogP contribution in [0.15, 0.2) is 224 Å². The van der Waals surface area contributed by atoms with Crippen molar-refractivity contribution in [1.29, 1.82) is 0 Å². The maximum atomic E-state index is 4.10. The molecule has 1 atom stereocenters. The van der Waals surface area contributed by atoms with Crippen molar-refractivity contribution in [1.82, 2.24) is 0 Å². The van der Waals surface area contributed by atoms with Gasteiger partial charge in [-0.1, -0.05) is 164 Å². The maximum absolute atomic E-state index is 4.10. The monoisotopic (exact) mass is 707 g/mol. The van der Waals surface area contributed by atoms with Crippen LogP contribution in [-0.2, 0) is 5.54 Å². The van der Waals surface area contributed by atoms with E-state index < -0.39 is 5.54 Å². The van der Waals surface area contributed by atoms with Crippen LogP contribution in [0.4, 0.5) is 34.1 Å². The first kappa shape index (κ1) is 33.7. The Balaban J connectivity index is 1.23. The summed E-state index contributed by atoms with van der Waals surface area (Å²) in [6.45, 7) is 0. The Morgan fingerprint density at radius 3 is 1.75 bits per heavy atom. The van der Waals surface area contributed by atoms with Crippen molar-refractivity contribution in [2.75, 3.05) is 15.5 Å². The van der Waals surface area contributed by atoms with E-state index in [0.717, 1.165) is 40.5 Å². The molecule has 9 rings (SSSR count). The van der Waals surface area contributed by atoms with Crippen LogP contribution in [0.25, 0.3) is 27.5 Å². The predicted molar refractivity (Wildman–Crippen MR) is 234 cm³/mol. The van der Waals surface area contributed by atoms with Crippen molar-refractivity contribution >= 4 is 50.5 Å². The molecule has 8 aromatic carbocycles. The Kier molecular flexibility index (Phi) is 9.26. The summed E-state index contributed by atoms with van der Waals surface area (Å²) in [5.41, 5.74) is 11.9. The molecule has 1 aliphatic rings. The largest absolute Gasteiger partial charge is 0.372 e. The Morgan fingerprint density at radius 1 is 0.455 bits per heavy atom. The number of nitrogens with one attached hydrogen (secondary N) is 2. The van der Waals surface area contributed by atoms with E-state index in [9.17, 15) is 0 Å². The first-order valence-corrected chi connectivity index (χ1v) is 18.9. The smallest absolute Gasteiger partial charge is 0.0874 e. The Hall–Kier alpha value is -7.10. The number of anilines is 6. The number of rotatable bonds is 10. The van der Waals surface area contributed by atoms with Crippen LogP contribution in [-0.4, -0.2) is 0 Å². The number of fused-ring (bicyclic) bond motifs is 1. The zero-order valence-electron chi connectivity index (χ0n) is 30.5. The lowest BCUT2D eigenvalue weighted by molar-refractivity contribution is 0.622. The summed E-state index contributed by atoms with van der Waals surface area (Å²) >= 11 is 0. The van der Waals surface area contributed by atoms with E-state index in [1.165, 1.54) is 38.6 Å². The van der Waals surface area contributed by atoms with Crippen LogP contribution in [0.1, 0.15) is 17.5 Å². The number of benzene rings is 8. The molecule has 55 heavy (non-hydrogen) atoms. The second-order valence-corrected chi connectivity index (χ2v) is 14.0. The zero-order chi connectivity index (χ0) is 36.9. The molecule has 0 aliphatic heterocycles. The van der Waals surface area contributed by atoms with Crippen molar-refractivity contribution in [2.45, 2.75) is 12.0 Å². The van der Waals surface area contributed by atoms with Crippen LogP contribution in [0.2, 0.25) is 0 Å². The summed E-state index contributed by atoms with van der Waals surface area (Å²) in [6.07, 6.45) is 7.82. The highest BCUT2D eigenvalue weighted by molar-refractivity contribution is 6.00. The Labute approximate surface area is 323 Å². The molecular formula is C52H41N3. The van der Waals surface area contributed by atoms with Gasteiger partial charge in [-0.05, 0) is 94.7 Å². The number of hydrogen-bond donors (Lipinski definition) is 2. The summed E-state index contributed by atoms with van der Waals surface area (Å²) in [4.78, 5) is 2.45. The van der Waals surface area contributed by atoms with Gasteiger partial charge in [-0.25, -0.2) is 0 Å². The van der Waals surface area contributed by atoms with Crippen molar-refractivity contribution < 1.29 is 0 Å². The van der Waals surface area contributed by atoms with Gasteiger partial charge in [0.2, 0.25) is 0 Å². The standard InChI is InChI=1S/C52H41N3/c1-5-17-42(18-6-1)48-28-16-30-50(55(46-25-11-4-12-26-46)49-29-15-20-41-19-13-14-27-47(41)49)51(48)52(54-45-23-9-3-10-24-45)37-35-40(36-38-52)39-31-33-44(34-32-39)53-43-21-7-2-8-22-43/h1-37,53-54H,38H2. The van der Waals surface area contributed by atoms with Crippen LogP contribution in [0.5, 0.6) is 0 Å². The average Bonchev–Trinajstić information content (AvgIpc) is 3.26. The van der Waals surface area contributed by atoms with E-state index in [1.54, 1.807) is 0 Å². The van der Waals surface area contributed by atoms with Crippen molar-refractivity contribution in [2.24, 2.45) is 0 Å². The molecule has 0 saturated heterocycles. The molecule has 0 aromatic heterocycles. The average molecular weight is 708 g/mol. The molecule has 0 amide bonds. The molecule has 264 valence electrons. The molecule has 1 unspecified atom stereocenters. The highest BCUT2D eigenvalue weighted by atomic mass is 15.2. The quantitative estimate of drug-likeness (QED) is 0.148. The number of allylic oxidation sites excluding steroid dienone is 2. The minimum absolute atomic E-state index is 0.612. The second-order valence-electron chi connectivity index (χ2n) is 14.0. The Bertz CT molecular complexity index is 2590. The molecule has 3 heteroatoms. The molecule has 0 saturated carbocycles. The van der Waals surface area contributed by atoms with Gasteiger partial charge in [0.1, 0.15) is 0 Å². The second kappa shape index (κ2) is 15.1. The predicted octanol–water partition coefficient (Wildman–Crippen LogP) is 14.1. The third kappa shape index (κ3) is 6.92. The molecule has 0 bridgehead atoms. The fourth-order valence-corrected chi connectivity index (χ4v) is 7.85. The fourth-order valence-electron chi connectivity index (χ4n) is 7.85. The molecule has 8 aromatic rings. The van der Waals surface area contributed by atoms with Gasteiger partial charge in [-0.15, -0.1) is 0 Å². The summed E-state index contributed by atoms with van der Waals surface area (Å²) in [7, 11) is 0. The van der Waals surface area contributed by atoms with Gasteiger partial charge in [-0.2, -0.15) is 0 Å². The van der Waals surface area contributed by atoms with Crippen LogP contribution >= 0.6 is 0 Å². The van der Waals surface area contributed by atoms with Gasteiger partial charge in [0.15, 0.2) is 0 Å². The third-order valence-corrected chi connectivity index (χ3v) is 10.4. The summed E-state index contributed by atoms with van der Waals surface area (Å²) in [5, 5.41) is 10.0. The van der Waals surface area contributed by atoms with E-state index in [2.05, 4.69) is 222 Å². The van der Waals surface area contributed by atoms with Crippen molar-refractivity contribution in [3.05, 3.63) is 236 Å². The minimum Gasteiger partial charge on any atom is -0.372 e. The van der Waals surface area contributed by atoms with Crippen LogP contribution in [0, 0.1) is 0 Å². The minimum atomic E-state index is -0.612. The lowest BCUT2D eigenvalue weighted by atomic mass is 9.76. The number of hydrogen-bond acceptors (Lipinski definition) is 3. The van der Waals surface area contributed by atoms with Crippen LogP contribution < -0.4 is 15.5 Å². The van der Waals surface area contributed by atoms with Gasteiger partial charge in [-0.3, -0.25) is 0 Å². The maximum Gasteiger partial charge on any atom is 0.0874 e. The van der Waals surface area contributed by atoms with E-state index in [-0.39, 0.29) is 0 Å². The highest BCUT2D eigenvalue weighted by Gasteiger charge is 2.37. The van der Waals surface area contributed by atoms with Crippen molar-refractivity contribution in [3.63, 3.8) is 0 Å². The van der Waals surface area contributed by atoms with E-state index in [0.29, 0.717) is 0 Å². The third-order valence-electron chi connectivity index (χ3n) is 10.4. The summed E-state index contributed by atoms with van der Waals surface area (Å²) in [6, 6.07) is 73.3. The first-order chi connectivity index (χ1) is 27.2. The lowest BCUT2D eigenvalue weighted by Crippen LogP contribution is -2.36. The van der Waals surface area contributed by atoms with E-state index in [4.69, 9.17) is 0 Å². The molecule has 0 fully saturated rings. The van der Waals surface area contributed by atoms with Gasteiger partial charge >= 0.3 is 0 Å². The molecule has 0 radical (unpaired) electrons. The normalized spacial score (nSPS) is 14.9. The van der Waals surface area contributed by atoms with Crippen molar-refractivity contribution in [3.8, 4) is 11.1 Å². The van der Waals surface area contributed by atoms with Gasteiger partial charge in [0, 0.05) is 33.7 Å². The summed E-state index contributed by atoms with van der Waals surface area (Å²) in [5.74, 6) is 0. The fraction of sp³-hybridized carbons (Fsp3) is 0.0385.